The number of ether oxygens (including phenoxy) is 2. The molecule has 0 heterocycles. The zero-order valence-electron chi connectivity index (χ0n) is 10.1. The third-order valence-electron chi connectivity index (χ3n) is 2.22. The van der Waals surface area contributed by atoms with E-state index in [0.717, 1.165) is 5.56 Å². The van der Waals surface area contributed by atoms with Gasteiger partial charge < -0.3 is 14.8 Å². The summed E-state index contributed by atoms with van der Waals surface area (Å²) in [6, 6.07) is 5.69. The molecule has 1 unspecified atom stereocenters. The van der Waals surface area contributed by atoms with Gasteiger partial charge in [0, 0.05) is 13.3 Å². The maximum Gasteiger partial charge on any atom is 0.217 e. The van der Waals surface area contributed by atoms with Crippen LogP contribution in [0, 0.1) is 0 Å². The first kappa shape index (κ1) is 13.8. The molecule has 17 heavy (non-hydrogen) atoms. The molecule has 0 fully saturated rings. The number of nitrogens with one attached hydrogen (secondary N) is 1. The van der Waals surface area contributed by atoms with Crippen molar-refractivity contribution in [2.45, 2.75) is 18.3 Å². The Morgan fingerprint density at radius 1 is 1.35 bits per heavy atom. The molecule has 1 rings (SSSR count). The van der Waals surface area contributed by atoms with Crippen LogP contribution < -0.4 is 14.8 Å². The molecule has 1 aromatic carbocycles. The van der Waals surface area contributed by atoms with Crippen molar-refractivity contribution < 1.29 is 14.3 Å². The van der Waals surface area contributed by atoms with Crippen LogP contribution in [0.4, 0.5) is 0 Å². The summed E-state index contributed by atoms with van der Waals surface area (Å²) in [7, 11) is 3.20. The second-order valence-corrected chi connectivity index (χ2v) is 4.67. The fraction of sp³-hybridized carbons (Fsp3) is 0.417. The first-order valence-electron chi connectivity index (χ1n) is 5.19. The maximum atomic E-state index is 10.9. The Balaban J connectivity index is 2.75. The van der Waals surface area contributed by atoms with Crippen LogP contribution in [0.2, 0.25) is 0 Å². The Hall–Kier alpha value is -1.23. The molecule has 94 valence electrons. The number of alkyl halides is 1. The lowest BCUT2D eigenvalue weighted by Crippen LogP contribution is -2.29. The average molecular weight is 302 g/mol. The molecule has 0 aromatic heterocycles. The third-order valence-corrected chi connectivity index (χ3v) is 2.78. The van der Waals surface area contributed by atoms with E-state index in [1.165, 1.54) is 6.92 Å². The van der Waals surface area contributed by atoms with Crippen LogP contribution >= 0.6 is 15.9 Å². The van der Waals surface area contributed by atoms with E-state index in [9.17, 15) is 4.79 Å². The zero-order chi connectivity index (χ0) is 12.8. The molecule has 0 bridgehead atoms. The fourth-order valence-electron chi connectivity index (χ4n) is 1.49. The predicted molar refractivity (Wildman–Crippen MR) is 69.8 cm³/mol. The van der Waals surface area contributed by atoms with Crippen molar-refractivity contribution in [1.29, 1.82) is 0 Å². The largest absolute Gasteiger partial charge is 0.493 e. The summed E-state index contributed by atoms with van der Waals surface area (Å²) in [6.07, 6.45) is 0.680. The number of carbonyl (C=O) groups excluding carboxylic acids is 1. The molecule has 0 aliphatic heterocycles. The molecule has 1 amide bonds. The smallest absolute Gasteiger partial charge is 0.217 e. The number of halogens is 1. The minimum atomic E-state index is -0.0851. The minimum absolute atomic E-state index is 0.0626. The van der Waals surface area contributed by atoms with Crippen molar-refractivity contribution in [3.63, 3.8) is 0 Å². The zero-order valence-corrected chi connectivity index (χ0v) is 11.7. The van der Waals surface area contributed by atoms with Crippen molar-refractivity contribution in [1.82, 2.24) is 5.32 Å². The van der Waals surface area contributed by atoms with E-state index in [4.69, 9.17) is 9.47 Å². The average Bonchev–Trinajstić information content (AvgIpc) is 2.27. The van der Waals surface area contributed by atoms with Gasteiger partial charge in [-0.1, -0.05) is 22.0 Å². The molecule has 1 aromatic rings. The van der Waals surface area contributed by atoms with E-state index >= 15 is 0 Å². The molecule has 0 saturated carbocycles. The van der Waals surface area contributed by atoms with Gasteiger partial charge in [0.05, 0.1) is 19.2 Å². The second kappa shape index (κ2) is 6.49. The van der Waals surface area contributed by atoms with Gasteiger partial charge >= 0.3 is 0 Å². The summed E-state index contributed by atoms with van der Waals surface area (Å²) in [5, 5.41) is 2.76. The van der Waals surface area contributed by atoms with Gasteiger partial charge in [0.1, 0.15) is 0 Å². The lowest BCUT2D eigenvalue weighted by atomic mass is 10.1. The lowest BCUT2D eigenvalue weighted by molar-refractivity contribution is -0.119. The maximum absolute atomic E-state index is 10.9. The number of hydrogen-bond donors (Lipinski definition) is 1. The monoisotopic (exact) mass is 301 g/mol. The van der Waals surface area contributed by atoms with Crippen molar-refractivity contribution in [3.05, 3.63) is 23.8 Å². The first-order valence-corrected chi connectivity index (χ1v) is 6.10. The second-order valence-electron chi connectivity index (χ2n) is 3.56. The van der Waals surface area contributed by atoms with Gasteiger partial charge in [-0.05, 0) is 17.7 Å². The SMILES string of the molecule is COc1ccc(CC(Br)NC(C)=O)cc1OC. The molecule has 4 nitrogen and oxygen atoms in total. The van der Waals surface area contributed by atoms with Crippen LogP contribution in [-0.2, 0) is 11.2 Å². The van der Waals surface area contributed by atoms with Crippen molar-refractivity contribution >= 4 is 21.8 Å². The van der Waals surface area contributed by atoms with Gasteiger partial charge in [-0.3, -0.25) is 4.79 Å². The molecule has 0 radical (unpaired) electrons. The number of rotatable bonds is 5. The van der Waals surface area contributed by atoms with Crippen LogP contribution in [-0.4, -0.2) is 25.1 Å². The summed E-state index contributed by atoms with van der Waals surface area (Å²) in [5.74, 6) is 1.32. The quantitative estimate of drug-likeness (QED) is 0.669. The summed E-state index contributed by atoms with van der Waals surface area (Å²) in [4.78, 5) is 10.8. The lowest BCUT2D eigenvalue weighted by Gasteiger charge is -2.13. The Morgan fingerprint density at radius 2 is 2.00 bits per heavy atom. The van der Waals surface area contributed by atoms with Gasteiger partial charge in [-0.2, -0.15) is 0 Å². The van der Waals surface area contributed by atoms with E-state index in [1.807, 2.05) is 18.2 Å². The number of benzene rings is 1. The van der Waals surface area contributed by atoms with Gasteiger partial charge in [0.25, 0.3) is 0 Å². The summed E-state index contributed by atoms with van der Waals surface area (Å²) < 4.78 is 10.4. The Labute approximate surface area is 109 Å². The molecule has 1 N–H and O–H groups in total. The van der Waals surface area contributed by atoms with E-state index < -0.39 is 0 Å². The van der Waals surface area contributed by atoms with E-state index in [1.54, 1.807) is 14.2 Å². The molecule has 0 aliphatic carbocycles. The van der Waals surface area contributed by atoms with Gasteiger partial charge in [0.15, 0.2) is 11.5 Å². The molecule has 1 atom stereocenters. The number of methoxy groups -OCH3 is 2. The molecular formula is C12H16BrNO3. The first-order chi connectivity index (χ1) is 8.06. The minimum Gasteiger partial charge on any atom is -0.493 e. The van der Waals surface area contributed by atoms with E-state index in [-0.39, 0.29) is 10.9 Å². The van der Waals surface area contributed by atoms with E-state index in [0.29, 0.717) is 17.9 Å². The van der Waals surface area contributed by atoms with Crippen LogP contribution in [0.25, 0.3) is 0 Å². The molecule has 5 heteroatoms. The third kappa shape index (κ3) is 4.26. The van der Waals surface area contributed by atoms with Crippen LogP contribution in [0.5, 0.6) is 11.5 Å². The van der Waals surface area contributed by atoms with E-state index in [2.05, 4.69) is 21.2 Å². The standard InChI is InChI=1S/C12H16BrNO3/c1-8(15)14-12(13)7-9-4-5-10(16-2)11(6-9)17-3/h4-6,12H,7H2,1-3H3,(H,14,15). The highest BCUT2D eigenvalue weighted by atomic mass is 79.9. The highest BCUT2D eigenvalue weighted by molar-refractivity contribution is 9.09. The van der Waals surface area contributed by atoms with Gasteiger partial charge in [-0.15, -0.1) is 0 Å². The van der Waals surface area contributed by atoms with Crippen molar-refractivity contribution in [2.75, 3.05) is 14.2 Å². The van der Waals surface area contributed by atoms with Crippen LogP contribution in [0.1, 0.15) is 12.5 Å². The Bertz CT molecular complexity index is 395. The van der Waals surface area contributed by atoms with Gasteiger partial charge in [-0.25, -0.2) is 0 Å². The van der Waals surface area contributed by atoms with Crippen LogP contribution in [0.3, 0.4) is 0 Å². The van der Waals surface area contributed by atoms with Crippen molar-refractivity contribution in [2.24, 2.45) is 0 Å². The summed E-state index contributed by atoms with van der Waals surface area (Å²) >= 11 is 3.39. The number of amides is 1. The number of hydrogen-bond acceptors (Lipinski definition) is 3. The Kier molecular flexibility index (Phi) is 5.28. The number of carbonyl (C=O) groups is 1. The summed E-state index contributed by atoms with van der Waals surface area (Å²) in [5.41, 5.74) is 1.05. The molecule has 0 aliphatic rings. The normalized spacial score (nSPS) is 11.8. The van der Waals surface area contributed by atoms with Crippen molar-refractivity contribution in [3.8, 4) is 11.5 Å². The molecule has 0 saturated heterocycles. The Morgan fingerprint density at radius 3 is 2.53 bits per heavy atom. The van der Waals surface area contributed by atoms with Crippen LogP contribution in [0.15, 0.2) is 18.2 Å². The molecule has 0 spiro atoms. The fourth-order valence-corrected chi connectivity index (χ4v) is 2.18. The predicted octanol–water partition coefficient (Wildman–Crippen LogP) is 2.10. The molecular weight excluding hydrogens is 286 g/mol. The highest BCUT2D eigenvalue weighted by Crippen LogP contribution is 2.28. The highest BCUT2D eigenvalue weighted by Gasteiger charge is 2.09. The summed E-state index contributed by atoms with van der Waals surface area (Å²) in [6.45, 7) is 1.49. The van der Waals surface area contributed by atoms with Gasteiger partial charge in [0.2, 0.25) is 5.91 Å². The topological polar surface area (TPSA) is 47.6 Å².